The third-order valence-corrected chi connectivity index (χ3v) is 2.02. The SMILES string of the molecule is C/C=C\COC(=O)[PH](=O)OCC. The Kier molecular flexibility index (Phi) is 6.72. The molecule has 0 spiro atoms. The third kappa shape index (κ3) is 5.10. The van der Waals surface area contributed by atoms with Crippen molar-refractivity contribution in [3.8, 4) is 0 Å². The van der Waals surface area contributed by atoms with Gasteiger partial charge in [-0.15, -0.1) is 0 Å². The molecule has 70 valence electrons. The van der Waals surface area contributed by atoms with Crippen molar-refractivity contribution >= 4 is 13.7 Å². The van der Waals surface area contributed by atoms with Crippen molar-refractivity contribution in [1.29, 1.82) is 0 Å². The smallest absolute Gasteiger partial charge is 0.388 e. The molecule has 0 radical (unpaired) electrons. The molecule has 0 aromatic carbocycles. The van der Waals surface area contributed by atoms with Crippen molar-refractivity contribution in [3.63, 3.8) is 0 Å². The summed E-state index contributed by atoms with van der Waals surface area (Å²) in [4.78, 5) is 10.8. The minimum atomic E-state index is -2.64. The molecule has 0 aromatic heterocycles. The zero-order valence-corrected chi connectivity index (χ0v) is 8.20. The Hall–Kier alpha value is -0.600. The fraction of sp³-hybridized carbons (Fsp3) is 0.571. The number of ether oxygens (including phenoxy) is 1. The molecule has 0 saturated heterocycles. The molecule has 0 aliphatic heterocycles. The van der Waals surface area contributed by atoms with Crippen molar-refractivity contribution in [2.24, 2.45) is 0 Å². The minimum absolute atomic E-state index is 0.152. The summed E-state index contributed by atoms with van der Waals surface area (Å²) in [5.74, 6) is 0. The van der Waals surface area contributed by atoms with E-state index >= 15 is 0 Å². The van der Waals surface area contributed by atoms with Crippen LogP contribution < -0.4 is 0 Å². The van der Waals surface area contributed by atoms with Crippen LogP contribution in [0.1, 0.15) is 13.8 Å². The topological polar surface area (TPSA) is 52.6 Å². The lowest BCUT2D eigenvalue weighted by atomic mass is 10.6. The number of hydrogen-bond donors (Lipinski definition) is 0. The second kappa shape index (κ2) is 7.07. The number of allylic oxidation sites excluding steroid dienone is 1. The number of rotatable bonds is 5. The minimum Gasteiger partial charge on any atom is -0.454 e. The summed E-state index contributed by atoms with van der Waals surface area (Å²) in [7, 11) is -2.64. The average Bonchev–Trinajstić information content (AvgIpc) is 2.05. The van der Waals surface area contributed by atoms with Gasteiger partial charge in [-0.25, -0.2) is 4.79 Å². The van der Waals surface area contributed by atoms with Gasteiger partial charge in [0.1, 0.15) is 6.61 Å². The van der Waals surface area contributed by atoms with Gasteiger partial charge >= 0.3 is 5.71 Å². The summed E-state index contributed by atoms with van der Waals surface area (Å²) in [5.41, 5.74) is -0.764. The highest BCUT2D eigenvalue weighted by Gasteiger charge is 2.11. The molecule has 0 fully saturated rings. The Bertz CT molecular complexity index is 188. The normalized spacial score (nSPS) is 13.2. The van der Waals surface area contributed by atoms with Crippen LogP contribution in [0.5, 0.6) is 0 Å². The van der Waals surface area contributed by atoms with E-state index in [4.69, 9.17) is 0 Å². The Morgan fingerprint density at radius 2 is 2.25 bits per heavy atom. The van der Waals surface area contributed by atoms with Gasteiger partial charge in [0, 0.05) is 0 Å². The Labute approximate surface area is 72.4 Å². The van der Waals surface area contributed by atoms with E-state index in [1.165, 1.54) is 0 Å². The quantitative estimate of drug-likeness (QED) is 0.495. The lowest BCUT2D eigenvalue weighted by molar-refractivity contribution is 0.179. The highest BCUT2D eigenvalue weighted by molar-refractivity contribution is 7.58. The molecule has 0 N–H and O–H groups in total. The second-order valence-electron chi connectivity index (χ2n) is 1.89. The van der Waals surface area contributed by atoms with Gasteiger partial charge in [0.2, 0.25) is 0 Å². The maximum absolute atomic E-state index is 10.8. The van der Waals surface area contributed by atoms with Crippen LogP contribution >= 0.6 is 8.03 Å². The lowest BCUT2D eigenvalue weighted by Crippen LogP contribution is -1.98. The van der Waals surface area contributed by atoms with E-state index in [0.29, 0.717) is 0 Å². The van der Waals surface area contributed by atoms with Crippen molar-refractivity contribution < 1.29 is 18.6 Å². The summed E-state index contributed by atoms with van der Waals surface area (Å²) in [6.45, 7) is 3.89. The van der Waals surface area contributed by atoms with Crippen LogP contribution in [0.4, 0.5) is 4.79 Å². The van der Waals surface area contributed by atoms with E-state index in [1.54, 1.807) is 26.0 Å². The molecular weight excluding hydrogens is 179 g/mol. The molecule has 0 aliphatic rings. The predicted molar refractivity (Wildman–Crippen MR) is 46.8 cm³/mol. The van der Waals surface area contributed by atoms with E-state index in [9.17, 15) is 9.36 Å². The zero-order chi connectivity index (χ0) is 9.40. The molecule has 0 aliphatic carbocycles. The van der Waals surface area contributed by atoms with Crippen molar-refractivity contribution in [1.82, 2.24) is 0 Å². The first kappa shape index (κ1) is 11.4. The van der Waals surface area contributed by atoms with E-state index < -0.39 is 13.7 Å². The molecule has 12 heavy (non-hydrogen) atoms. The number of hydrogen-bond acceptors (Lipinski definition) is 4. The van der Waals surface area contributed by atoms with Crippen LogP contribution in [0.25, 0.3) is 0 Å². The zero-order valence-electron chi connectivity index (χ0n) is 7.20. The summed E-state index contributed by atoms with van der Waals surface area (Å²) in [6.07, 6.45) is 3.39. The molecule has 0 saturated carbocycles. The summed E-state index contributed by atoms with van der Waals surface area (Å²) in [5, 5.41) is 0. The maximum Gasteiger partial charge on any atom is 0.388 e. The van der Waals surface area contributed by atoms with Crippen molar-refractivity contribution in [3.05, 3.63) is 12.2 Å². The van der Waals surface area contributed by atoms with Crippen molar-refractivity contribution in [2.45, 2.75) is 13.8 Å². The van der Waals surface area contributed by atoms with E-state index in [0.717, 1.165) is 0 Å². The summed E-state index contributed by atoms with van der Waals surface area (Å²) >= 11 is 0. The summed E-state index contributed by atoms with van der Waals surface area (Å²) < 4.78 is 20.0. The van der Waals surface area contributed by atoms with Gasteiger partial charge in [-0.3, -0.25) is 4.57 Å². The Morgan fingerprint density at radius 3 is 2.75 bits per heavy atom. The standard InChI is InChI=1S/C7H13O4P/c1-3-5-6-10-7(8)12(9)11-4-2/h3,5,12H,4,6H2,1-2H3/b5-3-. The van der Waals surface area contributed by atoms with Gasteiger partial charge in [-0.1, -0.05) is 12.2 Å². The first-order chi connectivity index (χ1) is 5.72. The van der Waals surface area contributed by atoms with Gasteiger partial charge < -0.3 is 9.26 Å². The van der Waals surface area contributed by atoms with Gasteiger partial charge in [-0.05, 0) is 13.8 Å². The van der Waals surface area contributed by atoms with E-state index in [2.05, 4.69) is 9.26 Å². The van der Waals surface area contributed by atoms with Crippen LogP contribution in [-0.4, -0.2) is 18.9 Å². The van der Waals surface area contributed by atoms with Gasteiger partial charge in [0.05, 0.1) is 6.61 Å². The number of carbonyl (C=O) groups excluding carboxylic acids is 1. The maximum atomic E-state index is 10.8. The first-order valence-corrected chi connectivity index (χ1v) is 4.99. The molecule has 0 amide bonds. The van der Waals surface area contributed by atoms with E-state index in [-0.39, 0.29) is 13.2 Å². The molecule has 0 aromatic rings. The van der Waals surface area contributed by atoms with Gasteiger partial charge in [0.15, 0.2) is 0 Å². The monoisotopic (exact) mass is 192 g/mol. The molecule has 0 rings (SSSR count). The molecule has 1 unspecified atom stereocenters. The summed E-state index contributed by atoms with van der Waals surface area (Å²) in [6, 6.07) is 0. The first-order valence-electron chi connectivity index (χ1n) is 3.67. The fourth-order valence-electron chi connectivity index (χ4n) is 0.469. The number of carbonyl (C=O) groups is 1. The van der Waals surface area contributed by atoms with Gasteiger partial charge in [0.25, 0.3) is 8.03 Å². The van der Waals surface area contributed by atoms with E-state index in [1.807, 2.05) is 0 Å². The Balaban J connectivity index is 3.64. The highest BCUT2D eigenvalue weighted by Crippen LogP contribution is 2.24. The Morgan fingerprint density at radius 1 is 1.58 bits per heavy atom. The molecule has 0 bridgehead atoms. The van der Waals surface area contributed by atoms with Crippen LogP contribution in [0.3, 0.4) is 0 Å². The van der Waals surface area contributed by atoms with Crippen LogP contribution in [-0.2, 0) is 13.8 Å². The van der Waals surface area contributed by atoms with Crippen molar-refractivity contribution in [2.75, 3.05) is 13.2 Å². The molecular formula is C7H13O4P. The molecule has 0 heterocycles. The van der Waals surface area contributed by atoms with Crippen LogP contribution in [0, 0.1) is 0 Å². The van der Waals surface area contributed by atoms with Gasteiger partial charge in [-0.2, -0.15) is 0 Å². The average molecular weight is 192 g/mol. The predicted octanol–water partition coefficient (Wildman–Crippen LogP) is 2.21. The van der Waals surface area contributed by atoms with Crippen LogP contribution in [0.2, 0.25) is 0 Å². The third-order valence-electron chi connectivity index (χ3n) is 0.988. The second-order valence-corrected chi connectivity index (χ2v) is 3.16. The largest absolute Gasteiger partial charge is 0.454 e. The fourth-order valence-corrected chi connectivity index (χ4v) is 1.05. The molecule has 5 heteroatoms. The van der Waals surface area contributed by atoms with Crippen LogP contribution in [0.15, 0.2) is 12.2 Å². The lowest BCUT2D eigenvalue weighted by Gasteiger charge is -2.00. The molecule has 1 atom stereocenters. The molecule has 4 nitrogen and oxygen atoms in total. The highest BCUT2D eigenvalue weighted by atomic mass is 31.1.